The zero-order chi connectivity index (χ0) is 18.1. The van der Waals surface area contributed by atoms with Crippen LogP contribution in [-0.4, -0.2) is 15.9 Å². The van der Waals surface area contributed by atoms with Gasteiger partial charge in [-0.25, -0.2) is 4.98 Å². The quantitative estimate of drug-likeness (QED) is 0.631. The van der Waals surface area contributed by atoms with E-state index in [0.29, 0.717) is 28.4 Å². The van der Waals surface area contributed by atoms with Crippen LogP contribution in [0.1, 0.15) is 51.0 Å². The third kappa shape index (κ3) is 3.46. The number of aromatic amines is 1. The summed E-state index contributed by atoms with van der Waals surface area (Å²) >= 11 is 3.03. The van der Waals surface area contributed by atoms with Crippen LogP contribution in [0.5, 0.6) is 0 Å². The summed E-state index contributed by atoms with van der Waals surface area (Å²) in [6.45, 7) is 1.75. The number of nitrogens with one attached hydrogen (secondary N) is 1. The van der Waals surface area contributed by atoms with E-state index in [9.17, 15) is 9.59 Å². The molecule has 1 saturated carbocycles. The lowest BCUT2D eigenvalue weighted by atomic mass is 10.0. The minimum Gasteiger partial charge on any atom is -0.454 e. The number of hydrogen-bond donors (Lipinski definition) is 1. The van der Waals surface area contributed by atoms with E-state index >= 15 is 0 Å². The minimum atomic E-state index is -0.562. The number of rotatable bonds is 5. The second-order valence-electron chi connectivity index (χ2n) is 6.74. The molecule has 1 aliphatic carbocycles. The third-order valence-corrected chi connectivity index (χ3v) is 6.65. The average molecular weight is 389 g/mol. The fourth-order valence-corrected chi connectivity index (χ4v) is 5.29. The van der Waals surface area contributed by atoms with E-state index in [1.165, 1.54) is 24.2 Å². The Balaban J connectivity index is 1.55. The van der Waals surface area contributed by atoms with Crippen LogP contribution in [0.15, 0.2) is 27.7 Å². The average Bonchev–Trinajstić information content (AvgIpc) is 3.35. The van der Waals surface area contributed by atoms with Gasteiger partial charge < -0.3 is 9.72 Å². The lowest BCUT2D eigenvalue weighted by Gasteiger charge is -2.14. The molecule has 1 aliphatic rings. The summed E-state index contributed by atoms with van der Waals surface area (Å²) in [5, 5.41) is 4.55. The summed E-state index contributed by atoms with van der Waals surface area (Å²) in [5.41, 5.74) is 0.722. The molecule has 26 heavy (non-hydrogen) atoms. The molecule has 0 spiro atoms. The summed E-state index contributed by atoms with van der Waals surface area (Å²) in [4.78, 5) is 33.8. The Morgan fingerprint density at radius 2 is 2.19 bits per heavy atom. The van der Waals surface area contributed by atoms with Gasteiger partial charge in [-0.05, 0) is 37.1 Å². The summed E-state index contributed by atoms with van der Waals surface area (Å²) in [5.74, 6) is 0.634. The molecule has 5 nitrogen and oxygen atoms in total. The van der Waals surface area contributed by atoms with Crippen molar-refractivity contribution in [2.24, 2.45) is 5.92 Å². The molecule has 0 radical (unpaired) electrons. The third-order valence-electron chi connectivity index (χ3n) is 4.87. The van der Waals surface area contributed by atoms with Crippen molar-refractivity contribution in [1.29, 1.82) is 0 Å². The topological polar surface area (TPSA) is 72.0 Å². The molecule has 0 aromatic carbocycles. The van der Waals surface area contributed by atoms with E-state index in [4.69, 9.17) is 4.74 Å². The standard InChI is InChI=1S/C19H20N2O3S2/c1-11(24-15(22)9-12-5-2-3-6-12)17-20-18(23)16-13(10-26-19(16)21-17)14-7-4-8-25-14/h4,7-8,10-12H,2-3,5-6,9H2,1H3,(H,20,21,23)/t11-/m1/s1. The molecule has 0 bridgehead atoms. The molecule has 0 saturated heterocycles. The van der Waals surface area contributed by atoms with Crippen LogP contribution in [-0.2, 0) is 9.53 Å². The predicted octanol–water partition coefficient (Wildman–Crippen LogP) is 4.90. The minimum absolute atomic E-state index is 0.187. The molecule has 4 rings (SSSR count). The van der Waals surface area contributed by atoms with Crippen LogP contribution in [0.3, 0.4) is 0 Å². The van der Waals surface area contributed by atoms with Crippen LogP contribution >= 0.6 is 22.7 Å². The number of H-pyrrole nitrogens is 1. The van der Waals surface area contributed by atoms with Crippen molar-refractivity contribution in [2.75, 3.05) is 0 Å². The van der Waals surface area contributed by atoms with Gasteiger partial charge in [0.25, 0.3) is 5.56 Å². The van der Waals surface area contributed by atoms with E-state index in [-0.39, 0.29) is 11.5 Å². The molecular weight excluding hydrogens is 368 g/mol. The highest BCUT2D eigenvalue weighted by atomic mass is 32.1. The molecule has 0 amide bonds. The second-order valence-corrected chi connectivity index (χ2v) is 8.55. The normalized spacial score (nSPS) is 16.2. The van der Waals surface area contributed by atoms with Gasteiger partial charge in [0, 0.05) is 22.2 Å². The van der Waals surface area contributed by atoms with Crippen LogP contribution in [0.25, 0.3) is 20.7 Å². The Morgan fingerprint density at radius 3 is 2.92 bits per heavy atom. The van der Waals surface area contributed by atoms with Crippen molar-refractivity contribution in [1.82, 2.24) is 9.97 Å². The summed E-state index contributed by atoms with van der Waals surface area (Å²) in [6, 6.07) is 3.96. The predicted molar refractivity (Wildman–Crippen MR) is 105 cm³/mol. The first-order valence-electron chi connectivity index (χ1n) is 8.86. The van der Waals surface area contributed by atoms with E-state index in [1.807, 2.05) is 22.9 Å². The maximum absolute atomic E-state index is 12.6. The highest BCUT2D eigenvalue weighted by Gasteiger charge is 2.22. The van der Waals surface area contributed by atoms with Gasteiger partial charge in [-0.1, -0.05) is 18.9 Å². The number of hydrogen-bond acceptors (Lipinski definition) is 6. The zero-order valence-corrected chi connectivity index (χ0v) is 16.1. The highest BCUT2D eigenvalue weighted by molar-refractivity contribution is 7.18. The van der Waals surface area contributed by atoms with Crippen LogP contribution in [0.2, 0.25) is 0 Å². The lowest BCUT2D eigenvalue weighted by molar-refractivity contribution is -0.150. The number of thiophene rings is 2. The first-order chi connectivity index (χ1) is 12.6. The molecular formula is C19H20N2O3S2. The summed E-state index contributed by atoms with van der Waals surface area (Å²) in [7, 11) is 0. The van der Waals surface area contributed by atoms with Crippen molar-refractivity contribution >= 4 is 38.9 Å². The fraction of sp³-hybridized carbons (Fsp3) is 0.421. The smallest absolute Gasteiger partial charge is 0.306 e. The Morgan fingerprint density at radius 1 is 1.38 bits per heavy atom. The number of nitrogens with zero attached hydrogens (tertiary/aromatic N) is 1. The van der Waals surface area contributed by atoms with Gasteiger partial charge in [0.15, 0.2) is 11.9 Å². The van der Waals surface area contributed by atoms with Gasteiger partial charge in [-0.15, -0.1) is 22.7 Å². The SMILES string of the molecule is C[C@@H](OC(=O)CC1CCCC1)c1nc2scc(-c3cccs3)c2c(=O)[nH]1. The van der Waals surface area contributed by atoms with Gasteiger partial charge in [-0.3, -0.25) is 9.59 Å². The summed E-state index contributed by atoms with van der Waals surface area (Å²) in [6.07, 6.45) is 4.50. The first-order valence-corrected chi connectivity index (χ1v) is 10.6. The molecule has 1 fully saturated rings. The Kier molecular flexibility index (Phi) is 4.91. The number of ether oxygens (including phenoxy) is 1. The van der Waals surface area contributed by atoms with Crippen molar-refractivity contribution in [3.8, 4) is 10.4 Å². The van der Waals surface area contributed by atoms with Crippen molar-refractivity contribution < 1.29 is 9.53 Å². The number of esters is 1. The van der Waals surface area contributed by atoms with Gasteiger partial charge in [-0.2, -0.15) is 0 Å². The number of fused-ring (bicyclic) bond motifs is 1. The molecule has 7 heteroatoms. The van der Waals surface area contributed by atoms with E-state index in [2.05, 4.69) is 9.97 Å². The van der Waals surface area contributed by atoms with Gasteiger partial charge in [0.05, 0.1) is 5.39 Å². The number of carbonyl (C=O) groups is 1. The zero-order valence-electron chi connectivity index (χ0n) is 14.5. The maximum Gasteiger partial charge on any atom is 0.306 e. The lowest BCUT2D eigenvalue weighted by Crippen LogP contribution is -2.18. The molecule has 1 atom stereocenters. The monoisotopic (exact) mass is 388 g/mol. The molecule has 3 aromatic rings. The fourth-order valence-electron chi connectivity index (χ4n) is 3.52. The Bertz CT molecular complexity index is 968. The largest absolute Gasteiger partial charge is 0.454 e. The van der Waals surface area contributed by atoms with Crippen LogP contribution in [0.4, 0.5) is 0 Å². The Labute approximate surface area is 159 Å². The van der Waals surface area contributed by atoms with Crippen molar-refractivity contribution in [3.05, 3.63) is 39.1 Å². The molecule has 136 valence electrons. The first kappa shape index (κ1) is 17.4. The van der Waals surface area contributed by atoms with E-state index < -0.39 is 6.10 Å². The molecule has 0 unspecified atom stereocenters. The number of carbonyl (C=O) groups excluding carboxylic acids is 1. The van der Waals surface area contributed by atoms with Gasteiger partial charge in [0.1, 0.15) is 4.83 Å². The van der Waals surface area contributed by atoms with Gasteiger partial charge in [0.2, 0.25) is 0 Å². The highest BCUT2D eigenvalue weighted by Crippen LogP contribution is 2.34. The summed E-state index contributed by atoms with van der Waals surface area (Å²) < 4.78 is 5.52. The molecule has 1 N–H and O–H groups in total. The van der Waals surface area contributed by atoms with E-state index in [0.717, 1.165) is 23.3 Å². The molecule has 3 aromatic heterocycles. The number of aromatic nitrogens is 2. The van der Waals surface area contributed by atoms with Crippen LogP contribution in [0, 0.1) is 5.92 Å². The second kappa shape index (κ2) is 7.32. The van der Waals surface area contributed by atoms with E-state index in [1.54, 1.807) is 18.3 Å². The molecule has 3 heterocycles. The van der Waals surface area contributed by atoms with Crippen molar-refractivity contribution in [2.45, 2.75) is 45.1 Å². The maximum atomic E-state index is 12.6. The molecule has 0 aliphatic heterocycles. The van der Waals surface area contributed by atoms with Crippen LogP contribution < -0.4 is 5.56 Å². The Hall–Kier alpha value is -1.99. The van der Waals surface area contributed by atoms with Crippen molar-refractivity contribution in [3.63, 3.8) is 0 Å². The van der Waals surface area contributed by atoms with Gasteiger partial charge >= 0.3 is 5.97 Å².